The van der Waals surface area contributed by atoms with Gasteiger partial charge in [-0.1, -0.05) is 23.2 Å². The average molecular weight is 332 g/mol. The highest BCUT2D eigenvalue weighted by Gasteiger charge is 2.17. The Labute approximate surface area is 127 Å². The Balaban J connectivity index is 2.40. The van der Waals surface area contributed by atoms with Gasteiger partial charge in [0.15, 0.2) is 5.82 Å². The standard InChI is InChI=1S/C12H11Cl2N3O2S/c1-7-6-15-12(8(2)16-7)17-20(18,19)11-4-9(13)3-10(14)5-11/h3-6H,1-2H3,(H,15,17). The summed E-state index contributed by atoms with van der Waals surface area (Å²) < 4.78 is 26.9. The van der Waals surface area contributed by atoms with E-state index in [0.717, 1.165) is 0 Å². The molecule has 0 aliphatic heterocycles. The molecule has 1 N–H and O–H groups in total. The van der Waals surface area contributed by atoms with Crippen molar-refractivity contribution in [3.05, 3.63) is 45.8 Å². The number of benzene rings is 1. The number of aromatic nitrogens is 2. The zero-order valence-electron chi connectivity index (χ0n) is 10.7. The fourth-order valence-electron chi connectivity index (χ4n) is 1.57. The molecular weight excluding hydrogens is 321 g/mol. The number of rotatable bonds is 3. The van der Waals surface area contributed by atoms with Gasteiger partial charge in [0.25, 0.3) is 10.0 Å². The molecule has 1 aromatic carbocycles. The van der Waals surface area contributed by atoms with E-state index in [-0.39, 0.29) is 20.8 Å². The summed E-state index contributed by atoms with van der Waals surface area (Å²) in [5.74, 6) is 0.173. The van der Waals surface area contributed by atoms with Crippen molar-refractivity contribution in [2.24, 2.45) is 0 Å². The number of anilines is 1. The van der Waals surface area contributed by atoms with Crippen molar-refractivity contribution < 1.29 is 8.42 Å². The van der Waals surface area contributed by atoms with Crippen LogP contribution in [0.15, 0.2) is 29.3 Å². The molecule has 0 radical (unpaired) electrons. The Morgan fingerprint density at radius 3 is 2.25 bits per heavy atom. The van der Waals surface area contributed by atoms with E-state index < -0.39 is 10.0 Å². The van der Waals surface area contributed by atoms with Crippen LogP contribution in [-0.4, -0.2) is 18.4 Å². The van der Waals surface area contributed by atoms with Crippen LogP contribution in [0, 0.1) is 13.8 Å². The van der Waals surface area contributed by atoms with Gasteiger partial charge in [0, 0.05) is 10.0 Å². The van der Waals surface area contributed by atoms with E-state index in [0.29, 0.717) is 11.4 Å². The fourth-order valence-corrected chi connectivity index (χ4v) is 3.36. The highest BCUT2D eigenvalue weighted by atomic mass is 35.5. The Hall–Kier alpha value is -1.37. The van der Waals surface area contributed by atoms with Crippen molar-refractivity contribution in [2.45, 2.75) is 18.7 Å². The monoisotopic (exact) mass is 331 g/mol. The lowest BCUT2D eigenvalue weighted by Crippen LogP contribution is -2.15. The van der Waals surface area contributed by atoms with E-state index in [1.165, 1.54) is 24.4 Å². The number of halogens is 2. The third-order valence-electron chi connectivity index (χ3n) is 2.44. The second-order valence-electron chi connectivity index (χ2n) is 4.16. The van der Waals surface area contributed by atoms with Crippen LogP contribution >= 0.6 is 23.2 Å². The molecule has 1 aromatic heterocycles. The summed E-state index contributed by atoms with van der Waals surface area (Å²) in [6, 6.07) is 4.08. The van der Waals surface area contributed by atoms with Gasteiger partial charge in [0.1, 0.15) is 0 Å². The maximum absolute atomic E-state index is 12.2. The summed E-state index contributed by atoms with van der Waals surface area (Å²) in [5, 5.41) is 0.481. The van der Waals surface area contributed by atoms with Gasteiger partial charge >= 0.3 is 0 Å². The highest BCUT2D eigenvalue weighted by molar-refractivity contribution is 7.92. The number of nitrogens with one attached hydrogen (secondary N) is 1. The molecule has 106 valence electrons. The van der Waals surface area contributed by atoms with E-state index in [1.807, 2.05) is 0 Å². The summed E-state index contributed by atoms with van der Waals surface area (Å²) >= 11 is 11.6. The molecule has 0 bridgehead atoms. The molecule has 0 unspecified atom stereocenters. The van der Waals surface area contributed by atoms with Crippen molar-refractivity contribution in [3.63, 3.8) is 0 Å². The Bertz CT molecular complexity index is 743. The van der Waals surface area contributed by atoms with E-state index in [2.05, 4.69) is 14.7 Å². The number of nitrogens with zero attached hydrogens (tertiary/aromatic N) is 2. The SMILES string of the molecule is Cc1cnc(NS(=O)(=O)c2cc(Cl)cc(Cl)c2)c(C)n1. The van der Waals surface area contributed by atoms with Gasteiger partial charge < -0.3 is 0 Å². The lowest BCUT2D eigenvalue weighted by molar-refractivity contribution is 0.601. The van der Waals surface area contributed by atoms with Crippen molar-refractivity contribution in [1.82, 2.24) is 9.97 Å². The second-order valence-corrected chi connectivity index (χ2v) is 6.71. The normalized spacial score (nSPS) is 11.4. The van der Waals surface area contributed by atoms with Gasteiger partial charge in [0.05, 0.1) is 22.5 Å². The second kappa shape index (κ2) is 5.55. The van der Waals surface area contributed by atoms with Gasteiger partial charge in [-0.3, -0.25) is 9.71 Å². The lowest BCUT2D eigenvalue weighted by atomic mass is 10.4. The van der Waals surface area contributed by atoms with E-state index in [9.17, 15) is 8.42 Å². The minimum Gasteiger partial charge on any atom is -0.262 e. The summed E-state index contributed by atoms with van der Waals surface area (Å²) in [6.45, 7) is 3.44. The topological polar surface area (TPSA) is 72.0 Å². The van der Waals surface area contributed by atoms with Gasteiger partial charge in [0.2, 0.25) is 0 Å². The van der Waals surface area contributed by atoms with Crippen LogP contribution in [0.2, 0.25) is 10.0 Å². The fraction of sp³-hybridized carbons (Fsp3) is 0.167. The lowest BCUT2D eigenvalue weighted by Gasteiger charge is -2.10. The number of hydrogen-bond acceptors (Lipinski definition) is 4. The van der Waals surface area contributed by atoms with Crippen LogP contribution < -0.4 is 4.72 Å². The summed E-state index contributed by atoms with van der Waals surface area (Å²) in [5.41, 5.74) is 1.19. The Morgan fingerprint density at radius 2 is 1.70 bits per heavy atom. The van der Waals surface area contributed by atoms with Crippen LogP contribution in [0.5, 0.6) is 0 Å². The predicted octanol–water partition coefficient (Wildman–Crippen LogP) is 3.20. The van der Waals surface area contributed by atoms with Crippen LogP contribution in [0.25, 0.3) is 0 Å². The third kappa shape index (κ3) is 3.39. The molecule has 0 saturated carbocycles. The largest absolute Gasteiger partial charge is 0.263 e. The van der Waals surface area contributed by atoms with Crippen molar-refractivity contribution in [1.29, 1.82) is 0 Å². The molecular formula is C12H11Cl2N3O2S. The number of hydrogen-bond donors (Lipinski definition) is 1. The molecule has 0 amide bonds. The molecule has 1 heterocycles. The third-order valence-corrected chi connectivity index (χ3v) is 4.20. The molecule has 2 rings (SSSR count). The first kappa shape index (κ1) is 15.0. The number of sulfonamides is 1. The Kier molecular flexibility index (Phi) is 4.17. The van der Waals surface area contributed by atoms with Crippen molar-refractivity contribution in [2.75, 3.05) is 4.72 Å². The smallest absolute Gasteiger partial charge is 0.262 e. The summed E-state index contributed by atoms with van der Waals surface area (Å²) in [6.07, 6.45) is 1.48. The minimum atomic E-state index is -3.82. The molecule has 8 heteroatoms. The summed E-state index contributed by atoms with van der Waals surface area (Å²) in [7, 11) is -3.82. The number of aryl methyl sites for hydroxylation is 2. The van der Waals surface area contributed by atoms with Gasteiger partial charge in [-0.05, 0) is 32.0 Å². The zero-order chi connectivity index (χ0) is 14.9. The zero-order valence-corrected chi connectivity index (χ0v) is 13.0. The molecule has 0 aliphatic carbocycles. The minimum absolute atomic E-state index is 0.0308. The molecule has 0 aliphatic rings. The maximum atomic E-state index is 12.2. The molecule has 0 spiro atoms. The Morgan fingerprint density at radius 1 is 1.10 bits per heavy atom. The van der Waals surface area contributed by atoms with Crippen molar-refractivity contribution >= 4 is 39.0 Å². The van der Waals surface area contributed by atoms with Crippen LogP contribution in [-0.2, 0) is 10.0 Å². The van der Waals surface area contributed by atoms with Crippen LogP contribution in [0.1, 0.15) is 11.4 Å². The molecule has 2 aromatic rings. The van der Waals surface area contributed by atoms with Crippen molar-refractivity contribution in [3.8, 4) is 0 Å². The molecule has 0 fully saturated rings. The van der Waals surface area contributed by atoms with Gasteiger partial charge in [-0.15, -0.1) is 0 Å². The molecule has 0 atom stereocenters. The first-order valence-electron chi connectivity index (χ1n) is 5.57. The van der Waals surface area contributed by atoms with Crippen LogP contribution in [0.4, 0.5) is 5.82 Å². The quantitative estimate of drug-likeness (QED) is 0.937. The molecule has 20 heavy (non-hydrogen) atoms. The molecule has 5 nitrogen and oxygen atoms in total. The predicted molar refractivity (Wildman–Crippen MR) is 78.8 cm³/mol. The average Bonchev–Trinajstić information content (AvgIpc) is 2.31. The highest BCUT2D eigenvalue weighted by Crippen LogP contribution is 2.24. The van der Waals surface area contributed by atoms with E-state index in [4.69, 9.17) is 23.2 Å². The summed E-state index contributed by atoms with van der Waals surface area (Å²) in [4.78, 5) is 8.13. The molecule has 0 saturated heterocycles. The van der Waals surface area contributed by atoms with E-state index in [1.54, 1.807) is 13.8 Å². The maximum Gasteiger partial charge on any atom is 0.263 e. The first-order chi connectivity index (χ1) is 9.28. The van der Waals surface area contributed by atoms with Crippen LogP contribution in [0.3, 0.4) is 0 Å². The first-order valence-corrected chi connectivity index (χ1v) is 7.81. The van der Waals surface area contributed by atoms with Gasteiger partial charge in [-0.2, -0.15) is 0 Å². The van der Waals surface area contributed by atoms with E-state index >= 15 is 0 Å². The van der Waals surface area contributed by atoms with Gasteiger partial charge in [-0.25, -0.2) is 13.4 Å².